The molecule has 0 aliphatic carbocycles. The Morgan fingerprint density at radius 1 is 1.38 bits per heavy atom. The van der Waals surface area contributed by atoms with Gasteiger partial charge in [-0.15, -0.1) is 0 Å². The molecule has 3 heteroatoms. The van der Waals surface area contributed by atoms with E-state index >= 15 is 0 Å². The maximum atomic E-state index is 10.5. The zero-order chi connectivity index (χ0) is 11.6. The van der Waals surface area contributed by atoms with Gasteiger partial charge in [-0.1, -0.05) is 6.07 Å². The van der Waals surface area contributed by atoms with Crippen molar-refractivity contribution in [2.75, 3.05) is 0 Å². The van der Waals surface area contributed by atoms with E-state index in [0.717, 1.165) is 5.69 Å². The van der Waals surface area contributed by atoms with E-state index in [1.54, 1.807) is 6.20 Å². The lowest BCUT2D eigenvalue weighted by molar-refractivity contribution is -0.131. The van der Waals surface area contributed by atoms with Gasteiger partial charge >= 0.3 is 0 Å². The van der Waals surface area contributed by atoms with E-state index in [9.17, 15) is 5.11 Å². The summed E-state index contributed by atoms with van der Waals surface area (Å²) in [6.45, 7) is 4.03. The number of pyridine rings is 1. The van der Waals surface area contributed by atoms with Crippen molar-refractivity contribution in [2.45, 2.75) is 50.9 Å². The van der Waals surface area contributed by atoms with Crippen LogP contribution in [0.4, 0.5) is 0 Å². The van der Waals surface area contributed by atoms with Crippen LogP contribution < -0.4 is 0 Å². The van der Waals surface area contributed by atoms with Crippen LogP contribution in [0.2, 0.25) is 0 Å². The molecule has 2 unspecified atom stereocenters. The molecule has 0 spiro atoms. The van der Waals surface area contributed by atoms with Crippen LogP contribution >= 0.6 is 0 Å². The molecule has 1 aromatic heterocycles. The minimum Gasteiger partial charge on any atom is -0.389 e. The van der Waals surface area contributed by atoms with Crippen molar-refractivity contribution in [2.24, 2.45) is 0 Å². The molecular weight excluding hydrogens is 202 g/mol. The molecular formula is C13H19NO2. The third-order valence-electron chi connectivity index (χ3n) is 3.04. The molecule has 1 aliphatic heterocycles. The molecule has 1 fully saturated rings. The van der Waals surface area contributed by atoms with Crippen molar-refractivity contribution in [3.05, 3.63) is 30.1 Å². The van der Waals surface area contributed by atoms with Crippen molar-refractivity contribution >= 4 is 0 Å². The molecule has 0 saturated carbocycles. The van der Waals surface area contributed by atoms with Gasteiger partial charge in [0, 0.05) is 31.2 Å². The van der Waals surface area contributed by atoms with Crippen LogP contribution in [0.5, 0.6) is 0 Å². The largest absolute Gasteiger partial charge is 0.389 e. The van der Waals surface area contributed by atoms with Crippen molar-refractivity contribution in [3.63, 3.8) is 0 Å². The molecule has 2 heterocycles. The number of hydrogen-bond donors (Lipinski definition) is 1. The van der Waals surface area contributed by atoms with Gasteiger partial charge in [-0.05, 0) is 26.0 Å². The molecule has 1 N–H and O–H groups in total. The molecule has 0 amide bonds. The zero-order valence-electron chi connectivity index (χ0n) is 9.89. The predicted octanol–water partition coefficient (Wildman–Crippen LogP) is 1.94. The summed E-state index contributed by atoms with van der Waals surface area (Å²) >= 11 is 0. The Labute approximate surface area is 96.5 Å². The summed E-state index contributed by atoms with van der Waals surface area (Å²) in [6, 6.07) is 5.81. The van der Waals surface area contributed by atoms with Crippen LogP contribution in [0.1, 0.15) is 32.4 Å². The topological polar surface area (TPSA) is 42.4 Å². The Morgan fingerprint density at radius 2 is 2.06 bits per heavy atom. The average molecular weight is 221 g/mol. The number of nitrogens with zero attached hydrogens (tertiary/aromatic N) is 1. The summed E-state index contributed by atoms with van der Waals surface area (Å²) < 4.78 is 5.64. The monoisotopic (exact) mass is 221 g/mol. The standard InChI is InChI=1S/C13H19NO2/c1-10-7-13(15,8-11(2)16-10)9-12-5-3-4-6-14-12/h3-6,10-11,15H,7-9H2,1-2H3. The second-order valence-corrected chi connectivity index (χ2v) is 4.89. The first-order chi connectivity index (χ1) is 7.57. The van der Waals surface area contributed by atoms with Gasteiger partial charge in [0.15, 0.2) is 0 Å². The Hall–Kier alpha value is -0.930. The Morgan fingerprint density at radius 3 is 2.62 bits per heavy atom. The summed E-state index contributed by atoms with van der Waals surface area (Å²) in [4.78, 5) is 4.27. The first-order valence-electron chi connectivity index (χ1n) is 5.85. The average Bonchev–Trinajstić information content (AvgIpc) is 2.15. The summed E-state index contributed by atoms with van der Waals surface area (Å²) in [5.74, 6) is 0. The van der Waals surface area contributed by atoms with E-state index in [2.05, 4.69) is 4.98 Å². The van der Waals surface area contributed by atoms with E-state index in [0.29, 0.717) is 19.3 Å². The first kappa shape index (κ1) is 11.6. The number of rotatable bonds is 2. The van der Waals surface area contributed by atoms with Crippen molar-refractivity contribution in [1.29, 1.82) is 0 Å². The number of hydrogen-bond acceptors (Lipinski definition) is 3. The van der Waals surface area contributed by atoms with Gasteiger partial charge in [-0.25, -0.2) is 0 Å². The molecule has 0 bridgehead atoms. The van der Waals surface area contributed by atoms with Crippen LogP contribution in [-0.2, 0) is 11.2 Å². The van der Waals surface area contributed by atoms with Gasteiger partial charge in [0.2, 0.25) is 0 Å². The fourth-order valence-corrected chi connectivity index (χ4v) is 2.63. The second kappa shape index (κ2) is 4.52. The Bertz CT molecular complexity index is 329. The lowest BCUT2D eigenvalue weighted by Gasteiger charge is -2.39. The van der Waals surface area contributed by atoms with E-state index in [-0.39, 0.29) is 12.2 Å². The molecule has 16 heavy (non-hydrogen) atoms. The fraction of sp³-hybridized carbons (Fsp3) is 0.615. The van der Waals surface area contributed by atoms with Gasteiger partial charge < -0.3 is 9.84 Å². The Kier molecular flexibility index (Phi) is 3.26. The van der Waals surface area contributed by atoms with Gasteiger partial charge in [0.1, 0.15) is 0 Å². The molecule has 1 saturated heterocycles. The van der Waals surface area contributed by atoms with E-state index in [1.807, 2.05) is 32.0 Å². The molecule has 1 aliphatic rings. The van der Waals surface area contributed by atoms with Crippen LogP contribution in [0, 0.1) is 0 Å². The van der Waals surface area contributed by atoms with E-state index < -0.39 is 5.60 Å². The molecule has 2 atom stereocenters. The lowest BCUT2D eigenvalue weighted by Crippen LogP contribution is -2.45. The molecule has 0 aromatic carbocycles. The van der Waals surface area contributed by atoms with Crippen LogP contribution in [0.15, 0.2) is 24.4 Å². The fourth-order valence-electron chi connectivity index (χ4n) is 2.63. The quantitative estimate of drug-likeness (QED) is 0.830. The minimum atomic E-state index is -0.661. The minimum absolute atomic E-state index is 0.123. The maximum absolute atomic E-state index is 10.5. The third-order valence-corrected chi connectivity index (χ3v) is 3.04. The molecule has 88 valence electrons. The molecule has 1 aromatic rings. The third kappa shape index (κ3) is 2.80. The van der Waals surface area contributed by atoms with Crippen LogP contribution in [0.25, 0.3) is 0 Å². The smallest absolute Gasteiger partial charge is 0.0752 e. The highest BCUT2D eigenvalue weighted by molar-refractivity contribution is 5.08. The Balaban J connectivity index is 2.07. The molecule has 2 rings (SSSR count). The van der Waals surface area contributed by atoms with Crippen molar-refractivity contribution in [1.82, 2.24) is 4.98 Å². The normalized spacial score (nSPS) is 34.9. The number of aliphatic hydroxyl groups is 1. The summed E-state index contributed by atoms with van der Waals surface area (Å²) in [6.07, 6.45) is 4.01. The highest BCUT2D eigenvalue weighted by Crippen LogP contribution is 2.31. The highest BCUT2D eigenvalue weighted by atomic mass is 16.5. The lowest BCUT2D eigenvalue weighted by atomic mass is 9.84. The maximum Gasteiger partial charge on any atom is 0.0752 e. The zero-order valence-corrected chi connectivity index (χ0v) is 9.89. The molecule has 3 nitrogen and oxygen atoms in total. The van der Waals surface area contributed by atoms with Gasteiger partial charge in [-0.2, -0.15) is 0 Å². The van der Waals surface area contributed by atoms with Gasteiger partial charge in [-0.3, -0.25) is 4.98 Å². The number of aromatic nitrogens is 1. The summed E-state index contributed by atoms with van der Waals surface area (Å²) in [7, 11) is 0. The summed E-state index contributed by atoms with van der Waals surface area (Å²) in [5, 5.41) is 10.5. The van der Waals surface area contributed by atoms with E-state index in [1.165, 1.54) is 0 Å². The van der Waals surface area contributed by atoms with Crippen LogP contribution in [-0.4, -0.2) is 27.9 Å². The number of ether oxygens (including phenoxy) is 1. The predicted molar refractivity (Wildman–Crippen MR) is 62.1 cm³/mol. The van der Waals surface area contributed by atoms with E-state index in [4.69, 9.17) is 4.74 Å². The SMILES string of the molecule is CC1CC(O)(Cc2ccccn2)CC(C)O1. The van der Waals surface area contributed by atoms with Crippen molar-refractivity contribution < 1.29 is 9.84 Å². The van der Waals surface area contributed by atoms with Gasteiger partial charge in [0.05, 0.1) is 17.8 Å². The van der Waals surface area contributed by atoms with Crippen LogP contribution in [0.3, 0.4) is 0 Å². The molecule has 0 radical (unpaired) electrons. The summed E-state index contributed by atoms with van der Waals surface area (Å²) in [5.41, 5.74) is 0.289. The van der Waals surface area contributed by atoms with Crippen molar-refractivity contribution in [3.8, 4) is 0 Å². The second-order valence-electron chi connectivity index (χ2n) is 4.89. The first-order valence-corrected chi connectivity index (χ1v) is 5.85. The van der Waals surface area contributed by atoms with Gasteiger partial charge in [0.25, 0.3) is 0 Å². The highest BCUT2D eigenvalue weighted by Gasteiger charge is 2.36.